The third-order valence-corrected chi connectivity index (χ3v) is 6.21. The van der Waals surface area contributed by atoms with E-state index >= 15 is 0 Å². The Morgan fingerprint density at radius 1 is 1.24 bits per heavy atom. The van der Waals surface area contributed by atoms with Crippen molar-refractivity contribution in [3.8, 4) is 0 Å². The second-order valence-electron chi connectivity index (χ2n) is 6.84. The minimum Gasteiger partial charge on any atom is -0.380 e. The molecule has 152 valence electrons. The molecule has 2 N–H and O–H groups in total. The quantitative estimate of drug-likeness (QED) is 0.623. The number of carbonyl (C=O) groups excluding carboxylic acids is 1. The minimum atomic E-state index is -3.60. The maximum atomic E-state index is 12.5. The van der Waals surface area contributed by atoms with Crippen LogP contribution < -0.4 is 10.0 Å². The molecule has 1 atom stereocenters. The van der Waals surface area contributed by atoms with Gasteiger partial charge in [-0.1, -0.05) is 12.1 Å². The van der Waals surface area contributed by atoms with Gasteiger partial charge in [0.15, 0.2) is 0 Å². The van der Waals surface area contributed by atoms with Crippen LogP contribution >= 0.6 is 0 Å². The number of carbonyl (C=O) groups is 1. The number of aromatic nitrogens is 3. The summed E-state index contributed by atoms with van der Waals surface area (Å²) in [7, 11) is -3.60. The average Bonchev–Trinajstić information content (AvgIpc) is 3.20. The largest absolute Gasteiger partial charge is 0.380 e. The van der Waals surface area contributed by atoms with Gasteiger partial charge >= 0.3 is 0 Å². The molecule has 0 radical (unpaired) electrons. The molecule has 0 spiro atoms. The Labute approximate surface area is 168 Å². The number of amides is 1. The van der Waals surface area contributed by atoms with Crippen molar-refractivity contribution in [2.45, 2.75) is 30.3 Å². The van der Waals surface area contributed by atoms with Gasteiger partial charge in [-0.05, 0) is 30.5 Å². The first kappa shape index (κ1) is 19.5. The Hall–Kier alpha value is -2.82. The number of benzene rings is 1. The van der Waals surface area contributed by atoms with Crippen LogP contribution in [0, 0.1) is 0 Å². The van der Waals surface area contributed by atoms with Crippen LogP contribution in [0.1, 0.15) is 28.8 Å². The van der Waals surface area contributed by atoms with E-state index < -0.39 is 10.0 Å². The molecule has 1 aromatic carbocycles. The van der Waals surface area contributed by atoms with Gasteiger partial charge in [-0.25, -0.2) is 23.1 Å². The first-order valence-corrected chi connectivity index (χ1v) is 10.8. The molecule has 0 saturated carbocycles. The first-order chi connectivity index (χ1) is 14.0. The van der Waals surface area contributed by atoms with E-state index in [0.29, 0.717) is 24.6 Å². The number of fused-ring (bicyclic) bond motifs is 1. The zero-order valence-corrected chi connectivity index (χ0v) is 16.4. The van der Waals surface area contributed by atoms with Gasteiger partial charge < -0.3 is 10.1 Å². The lowest BCUT2D eigenvalue weighted by molar-refractivity contribution is 0.0774. The molecule has 1 amide bonds. The van der Waals surface area contributed by atoms with Crippen LogP contribution in [-0.2, 0) is 21.3 Å². The molecule has 0 aliphatic carbocycles. The van der Waals surface area contributed by atoms with Gasteiger partial charge in [0.05, 0.1) is 17.1 Å². The van der Waals surface area contributed by atoms with Crippen molar-refractivity contribution in [3.05, 3.63) is 60.2 Å². The third-order valence-electron chi connectivity index (χ3n) is 4.68. The topological polar surface area (TPSA) is 115 Å². The zero-order chi connectivity index (χ0) is 20.3. The monoisotopic (exact) mass is 415 g/mol. The van der Waals surface area contributed by atoms with Crippen molar-refractivity contribution in [3.63, 3.8) is 0 Å². The molecule has 1 aliphatic heterocycles. The number of sulfonamides is 1. The number of hydrogen-bond acceptors (Lipinski definition) is 6. The SMILES string of the molecule is O=C(NCc1ccc(S(=O)(=O)NC2CCCOC2)cc1)c1cnc2nccn2c1. The number of nitrogens with zero attached hydrogens (tertiary/aromatic N) is 3. The van der Waals surface area contributed by atoms with Crippen LogP contribution in [0.3, 0.4) is 0 Å². The second-order valence-corrected chi connectivity index (χ2v) is 8.55. The summed E-state index contributed by atoms with van der Waals surface area (Å²) < 4.78 is 34.7. The summed E-state index contributed by atoms with van der Waals surface area (Å²) >= 11 is 0. The van der Waals surface area contributed by atoms with Crippen LogP contribution in [0.5, 0.6) is 0 Å². The van der Waals surface area contributed by atoms with E-state index in [1.54, 1.807) is 35.1 Å². The van der Waals surface area contributed by atoms with E-state index in [2.05, 4.69) is 20.0 Å². The standard InChI is InChI=1S/C19H21N5O4S/c25-18(15-11-22-19-20-7-8-24(19)12-15)21-10-14-3-5-17(6-4-14)29(26,27)23-16-2-1-9-28-13-16/h3-8,11-12,16,23H,1-2,9-10,13H2,(H,21,25). The summed E-state index contributed by atoms with van der Waals surface area (Å²) in [5.74, 6) is 0.246. The molecule has 4 rings (SSSR count). The summed E-state index contributed by atoms with van der Waals surface area (Å²) in [6.45, 7) is 1.33. The van der Waals surface area contributed by atoms with Gasteiger partial charge in [-0.2, -0.15) is 0 Å². The minimum absolute atomic E-state index is 0.188. The molecule has 3 aromatic rings. The maximum absolute atomic E-state index is 12.5. The molecule has 1 saturated heterocycles. The highest BCUT2D eigenvalue weighted by Crippen LogP contribution is 2.14. The Morgan fingerprint density at radius 3 is 2.83 bits per heavy atom. The molecule has 9 nitrogen and oxygen atoms in total. The summed E-state index contributed by atoms with van der Waals surface area (Å²) in [6, 6.07) is 6.24. The Morgan fingerprint density at radius 2 is 2.07 bits per heavy atom. The summed E-state index contributed by atoms with van der Waals surface area (Å²) in [5.41, 5.74) is 1.20. The zero-order valence-electron chi connectivity index (χ0n) is 15.6. The highest BCUT2D eigenvalue weighted by Gasteiger charge is 2.22. The molecule has 1 aliphatic rings. The summed E-state index contributed by atoms with van der Waals surface area (Å²) in [6.07, 6.45) is 8.05. The van der Waals surface area contributed by atoms with Crippen LogP contribution in [0.4, 0.5) is 0 Å². The Kier molecular flexibility index (Phi) is 5.56. The smallest absolute Gasteiger partial charge is 0.254 e. The molecular formula is C19H21N5O4S. The molecule has 10 heteroatoms. The fraction of sp³-hybridized carbons (Fsp3) is 0.316. The number of hydrogen-bond donors (Lipinski definition) is 2. The van der Waals surface area contributed by atoms with Gasteiger partial charge in [0.2, 0.25) is 15.8 Å². The van der Waals surface area contributed by atoms with Crippen molar-refractivity contribution in [2.24, 2.45) is 0 Å². The normalized spacial score (nSPS) is 17.3. The molecule has 0 bridgehead atoms. The number of rotatable bonds is 6. The predicted molar refractivity (Wildman–Crippen MR) is 105 cm³/mol. The molecule has 1 unspecified atom stereocenters. The van der Waals surface area contributed by atoms with E-state index in [9.17, 15) is 13.2 Å². The molecule has 3 heterocycles. The molecule has 29 heavy (non-hydrogen) atoms. The van der Waals surface area contributed by atoms with Gasteiger partial charge in [0, 0.05) is 44.0 Å². The lowest BCUT2D eigenvalue weighted by Gasteiger charge is -2.23. The van der Waals surface area contributed by atoms with Gasteiger partial charge in [0.25, 0.3) is 5.91 Å². The van der Waals surface area contributed by atoms with Gasteiger partial charge in [-0.3, -0.25) is 9.20 Å². The van der Waals surface area contributed by atoms with Gasteiger partial charge in [0.1, 0.15) is 0 Å². The van der Waals surface area contributed by atoms with Gasteiger partial charge in [-0.15, -0.1) is 0 Å². The van der Waals surface area contributed by atoms with E-state index in [4.69, 9.17) is 4.74 Å². The number of nitrogens with one attached hydrogen (secondary N) is 2. The number of ether oxygens (including phenoxy) is 1. The van der Waals surface area contributed by atoms with E-state index in [0.717, 1.165) is 18.4 Å². The van der Waals surface area contributed by atoms with E-state index in [1.165, 1.54) is 18.3 Å². The van der Waals surface area contributed by atoms with Crippen molar-refractivity contribution >= 4 is 21.7 Å². The van der Waals surface area contributed by atoms with E-state index in [1.807, 2.05) is 0 Å². The highest BCUT2D eigenvalue weighted by atomic mass is 32.2. The van der Waals surface area contributed by atoms with Crippen molar-refractivity contribution in [2.75, 3.05) is 13.2 Å². The summed E-state index contributed by atoms with van der Waals surface area (Å²) in [4.78, 5) is 20.7. The molecule has 1 fully saturated rings. The predicted octanol–water partition coefficient (Wildman–Crippen LogP) is 1.12. The van der Waals surface area contributed by atoms with Crippen molar-refractivity contribution in [1.82, 2.24) is 24.4 Å². The first-order valence-electron chi connectivity index (χ1n) is 9.27. The van der Waals surface area contributed by atoms with Crippen LogP contribution in [0.25, 0.3) is 5.78 Å². The van der Waals surface area contributed by atoms with Crippen molar-refractivity contribution in [1.29, 1.82) is 0 Å². The maximum Gasteiger partial charge on any atom is 0.254 e. The third kappa shape index (κ3) is 4.61. The average molecular weight is 415 g/mol. The highest BCUT2D eigenvalue weighted by molar-refractivity contribution is 7.89. The van der Waals surface area contributed by atoms with Crippen LogP contribution in [-0.4, -0.2) is 47.9 Å². The number of imidazole rings is 1. The summed E-state index contributed by atoms with van der Waals surface area (Å²) in [5, 5.41) is 2.80. The lowest BCUT2D eigenvalue weighted by Crippen LogP contribution is -2.40. The fourth-order valence-electron chi connectivity index (χ4n) is 3.13. The van der Waals surface area contributed by atoms with Crippen molar-refractivity contribution < 1.29 is 17.9 Å². The Balaban J connectivity index is 1.36. The molecule has 2 aromatic heterocycles. The van der Waals surface area contributed by atoms with E-state index in [-0.39, 0.29) is 23.4 Å². The molecular weight excluding hydrogens is 394 g/mol. The lowest BCUT2D eigenvalue weighted by atomic mass is 10.1. The van der Waals surface area contributed by atoms with Crippen LogP contribution in [0.2, 0.25) is 0 Å². The fourth-order valence-corrected chi connectivity index (χ4v) is 4.38. The second kappa shape index (κ2) is 8.27. The Bertz CT molecular complexity index is 1110. The van der Waals surface area contributed by atoms with Crippen LogP contribution in [0.15, 0.2) is 53.9 Å².